The molecule has 1 unspecified atom stereocenters. The molecule has 3 saturated carbocycles. The van der Waals surface area contributed by atoms with Crippen LogP contribution in [-0.4, -0.2) is 56.2 Å². The molecule has 33 heavy (non-hydrogen) atoms. The van der Waals surface area contributed by atoms with Crippen molar-refractivity contribution < 1.29 is 28.6 Å². The summed E-state index contributed by atoms with van der Waals surface area (Å²) in [6.45, 7) is 7.10. The third-order valence-corrected chi connectivity index (χ3v) is 10.7. The van der Waals surface area contributed by atoms with E-state index in [1.54, 1.807) is 19.9 Å². The second kappa shape index (κ2) is 7.04. The normalized spacial score (nSPS) is 52.9. The molecule has 10 atom stereocenters. The number of carbonyl (C=O) groups excluding carboxylic acids is 2. The second-order valence-electron chi connectivity index (χ2n) is 11.1. The van der Waals surface area contributed by atoms with E-state index in [4.69, 9.17) is 44.3 Å². The van der Waals surface area contributed by atoms with E-state index in [1.807, 2.05) is 13.8 Å². The number of rotatable bonds is 2. The van der Waals surface area contributed by atoms with Gasteiger partial charge in [-0.2, -0.15) is 0 Å². The second-order valence-corrected chi connectivity index (χ2v) is 12.6. The Labute approximate surface area is 207 Å². The zero-order valence-corrected chi connectivity index (χ0v) is 21.2. The summed E-state index contributed by atoms with van der Waals surface area (Å²) in [6.07, 6.45) is 3.76. The Balaban J connectivity index is 1.67. The van der Waals surface area contributed by atoms with Crippen molar-refractivity contribution in [3.8, 4) is 0 Å². The Kier molecular flexibility index (Phi) is 5.17. The van der Waals surface area contributed by atoms with Gasteiger partial charge in [0.2, 0.25) is 11.4 Å². The van der Waals surface area contributed by atoms with Crippen LogP contribution in [0.3, 0.4) is 0 Å². The average molecular weight is 522 g/mol. The number of fused-ring (bicyclic) bond motifs is 7. The molecule has 4 fully saturated rings. The Hall–Kier alpha value is -0.500. The molecule has 0 amide bonds. The van der Waals surface area contributed by atoms with Gasteiger partial charge in [-0.1, -0.05) is 31.5 Å². The van der Waals surface area contributed by atoms with Crippen molar-refractivity contribution in [2.45, 2.75) is 86.4 Å². The Morgan fingerprint density at radius 3 is 2.55 bits per heavy atom. The summed E-state index contributed by atoms with van der Waals surface area (Å²) in [5, 5.41) is 11.2. The van der Waals surface area contributed by atoms with Gasteiger partial charge in [0.05, 0.1) is 22.5 Å². The fourth-order valence-corrected chi connectivity index (χ4v) is 9.03. The lowest BCUT2D eigenvalue weighted by molar-refractivity contribution is -0.222. The molecule has 9 heteroatoms. The molecule has 1 N–H and O–H groups in total. The molecule has 1 saturated heterocycles. The van der Waals surface area contributed by atoms with Crippen molar-refractivity contribution >= 4 is 46.4 Å². The SMILES string of the molecule is CC1(C)O[C@@H]2C[C@H]3[C@@H]4C[C@H](Cl)C5=CC(=O)C=C[C@]5(C)[C@@]4(Cl)[C@@H](O)C[C@]3(C)[C@]2(C(=O)C(F)Cl)O1. The van der Waals surface area contributed by atoms with Crippen LogP contribution < -0.4 is 0 Å². The summed E-state index contributed by atoms with van der Waals surface area (Å²) in [7, 11) is 0. The monoisotopic (exact) mass is 520 g/mol. The van der Waals surface area contributed by atoms with Crippen LogP contribution in [0.4, 0.5) is 4.39 Å². The fraction of sp³-hybridized carbons (Fsp3) is 0.750. The van der Waals surface area contributed by atoms with Crippen molar-refractivity contribution in [2.75, 3.05) is 0 Å². The molecule has 1 aliphatic heterocycles. The first-order chi connectivity index (χ1) is 15.1. The smallest absolute Gasteiger partial charge is 0.234 e. The third-order valence-electron chi connectivity index (χ3n) is 9.19. The molecule has 0 spiro atoms. The maximum Gasteiger partial charge on any atom is 0.234 e. The van der Waals surface area contributed by atoms with Crippen LogP contribution in [0.1, 0.15) is 47.0 Å². The minimum Gasteiger partial charge on any atom is -0.391 e. The van der Waals surface area contributed by atoms with Gasteiger partial charge >= 0.3 is 0 Å². The van der Waals surface area contributed by atoms with Gasteiger partial charge in [-0.15, -0.1) is 23.2 Å². The van der Waals surface area contributed by atoms with Gasteiger partial charge in [0.25, 0.3) is 0 Å². The first kappa shape index (κ1) is 24.2. The van der Waals surface area contributed by atoms with Crippen LogP contribution in [0.2, 0.25) is 0 Å². The largest absolute Gasteiger partial charge is 0.391 e. The summed E-state index contributed by atoms with van der Waals surface area (Å²) in [5.41, 5.74) is -5.10. The molecule has 0 bridgehead atoms. The highest BCUT2D eigenvalue weighted by atomic mass is 35.5. The van der Waals surface area contributed by atoms with Gasteiger partial charge in [-0.05, 0) is 62.7 Å². The summed E-state index contributed by atoms with van der Waals surface area (Å²) in [5.74, 6) is -2.77. The molecule has 5 rings (SSSR count). The van der Waals surface area contributed by atoms with Crippen LogP contribution in [0.5, 0.6) is 0 Å². The molecule has 0 aromatic carbocycles. The number of halogens is 4. The lowest BCUT2D eigenvalue weighted by Gasteiger charge is -2.64. The van der Waals surface area contributed by atoms with Crippen molar-refractivity contribution in [3.63, 3.8) is 0 Å². The van der Waals surface area contributed by atoms with E-state index in [0.29, 0.717) is 18.4 Å². The maximum atomic E-state index is 14.4. The highest BCUT2D eigenvalue weighted by molar-refractivity contribution is 6.31. The van der Waals surface area contributed by atoms with E-state index < -0.39 is 56.1 Å². The fourth-order valence-electron chi connectivity index (χ4n) is 7.90. The van der Waals surface area contributed by atoms with Crippen LogP contribution >= 0.6 is 34.8 Å². The summed E-state index contributed by atoms with van der Waals surface area (Å²) in [4.78, 5) is 24.3. The quantitative estimate of drug-likeness (QED) is 0.544. The van der Waals surface area contributed by atoms with Gasteiger partial charge < -0.3 is 14.6 Å². The van der Waals surface area contributed by atoms with Crippen molar-refractivity contribution in [2.24, 2.45) is 22.7 Å². The minimum atomic E-state index is -2.27. The summed E-state index contributed by atoms with van der Waals surface area (Å²) < 4.78 is 26.7. The van der Waals surface area contributed by atoms with Gasteiger partial charge in [-0.3, -0.25) is 9.59 Å². The number of aliphatic hydroxyl groups excluding tert-OH is 1. The first-order valence-corrected chi connectivity index (χ1v) is 12.6. The van der Waals surface area contributed by atoms with Gasteiger partial charge in [0.1, 0.15) is 0 Å². The zero-order valence-electron chi connectivity index (χ0n) is 18.9. The van der Waals surface area contributed by atoms with E-state index in [0.717, 1.165) is 0 Å². The summed E-state index contributed by atoms with van der Waals surface area (Å²) >= 11 is 19.9. The van der Waals surface area contributed by atoms with Gasteiger partial charge in [0.15, 0.2) is 17.2 Å². The van der Waals surface area contributed by atoms with Gasteiger partial charge in [0, 0.05) is 10.8 Å². The Morgan fingerprint density at radius 1 is 1.24 bits per heavy atom. The molecular formula is C24H28Cl3FO5. The van der Waals surface area contributed by atoms with Crippen LogP contribution in [-0.2, 0) is 19.1 Å². The predicted molar refractivity (Wildman–Crippen MR) is 122 cm³/mol. The number of alkyl halides is 4. The van der Waals surface area contributed by atoms with E-state index in [9.17, 15) is 19.1 Å². The lowest BCUT2D eigenvalue weighted by Crippen LogP contribution is -2.70. The number of carbonyl (C=O) groups is 2. The van der Waals surface area contributed by atoms with E-state index >= 15 is 0 Å². The lowest BCUT2D eigenvalue weighted by atomic mass is 9.45. The van der Waals surface area contributed by atoms with Crippen molar-refractivity contribution in [1.82, 2.24) is 0 Å². The first-order valence-electron chi connectivity index (χ1n) is 11.3. The van der Waals surface area contributed by atoms with E-state index in [1.165, 1.54) is 12.2 Å². The molecule has 182 valence electrons. The third kappa shape index (κ3) is 2.77. The minimum absolute atomic E-state index is 0.0839. The van der Waals surface area contributed by atoms with Crippen LogP contribution in [0, 0.1) is 22.7 Å². The topological polar surface area (TPSA) is 72.8 Å². The molecule has 5 aliphatic rings. The van der Waals surface area contributed by atoms with Crippen LogP contribution in [0.25, 0.3) is 0 Å². The number of ketones is 2. The number of aliphatic hydroxyl groups is 1. The number of hydrogen-bond acceptors (Lipinski definition) is 5. The Bertz CT molecular complexity index is 997. The maximum absolute atomic E-state index is 14.4. The number of Topliss-reactive ketones (excluding diaryl/α,β-unsaturated/α-hetero) is 1. The highest BCUT2D eigenvalue weighted by Crippen LogP contribution is 2.73. The predicted octanol–water partition coefficient (Wildman–Crippen LogP) is 4.45. The molecule has 5 nitrogen and oxygen atoms in total. The highest BCUT2D eigenvalue weighted by Gasteiger charge is 2.80. The molecule has 0 aromatic rings. The van der Waals surface area contributed by atoms with E-state index in [2.05, 4.69) is 0 Å². The zero-order chi connectivity index (χ0) is 24.4. The Morgan fingerprint density at radius 2 is 1.91 bits per heavy atom. The van der Waals surface area contributed by atoms with Crippen molar-refractivity contribution in [1.29, 1.82) is 0 Å². The standard InChI is InChI=1S/C24H28Cl3FO5/c1-20(2)32-17-9-12-13-8-15(25)14-7-11(29)5-6-21(14,3)23(13,27)16(30)10-22(12,4)24(17,33-20)18(31)19(26)28/h5-7,12-13,15-17,19,30H,8-10H2,1-4H3/t12-,13-,15-,16-,17+,19?,21-,22-,23-,24-/m0/s1. The molecular weight excluding hydrogens is 494 g/mol. The van der Waals surface area contributed by atoms with E-state index in [-0.39, 0.29) is 24.0 Å². The molecule has 1 heterocycles. The van der Waals surface area contributed by atoms with Gasteiger partial charge in [-0.25, -0.2) is 4.39 Å². The number of hydrogen-bond donors (Lipinski definition) is 1. The number of ether oxygens (including phenoxy) is 2. The van der Waals surface area contributed by atoms with Crippen LogP contribution in [0.15, 0.2) is 23.8 Å². The average Bonchev–Trinajstić information content (AvgIpc) is 3.11. The number of allylic oxidation sites excluding steroid dienone is 4. The molecule has 4 aliphatic carbocycles. The molecule has 0 radical (unpaired) electrons. The summed E-state index contributed by atoms with van der Waals surface area (Å²) in [6, 6.07) is 0. The molecule has 0 aromatic heterocycles. The van der Waals surface area contributed by atoms with Crippen molar-refractivity contribution in [3.05, 3.63) is 23.8 Å².